The number of carbonyl (C=O) groups is 1. The summed E-state index contributed by atoms with van der Waals surface area (Å²) in [7, 11) is 0. The van der Waals surface area contributed by atoms with Crippen molar-refractivity contribution < 1.29 is 9.90 Å². The van der Waals surface area contributed by atoms with Crippen molar-refractivity contribution in [2.75, 3.05) is 0 Å². The fourth-order valence-electron chi connectivity index (χ4n) is 1.24. The van der Waals surface area contributed by atoms with E-state index < -0.39 is 5.97 Å². The molecule has 3 heteroatoms. The molecule has 1 unspecified atom stereocenters. The van der Waals surface area contributed by atoms with Crippen LogP contribution in [0.2, 0.25) is 0 Å². The Bertz CT molecular complexity index is 386. The number of benzene rings is 1. The number of aromatic carboxylic acids is 1. The molecule has 2 nitrogen and oxygen atoms in total. The minimum atomic E-state index is -0.849. The van der Waals surface area contributed by atoms with Crippen molar-refractivity contribution in [1.82, 2.24) is 0 Å². The molecule has 0 aliphatic heterocycles. The molecule has 0 heterocycles. The maximum Gasteiger partial charge on any atom is 0.336 e. The van der Waals surface area contributed by atoms with E-state index in [2.05, 4.69) is 20.8 Å². The number of thioether (sulfide) groups is 1. The Hall–Kier alpha value is -0.960. The quantitative estimate of drug-likeness (QED) is 0.810. The van der Waals surface area contributed by atoms with E-state index in [1.807, 2.05) is 19.1 Å². The second kappa shape index (κ2) is 5.39. The van der Waals surface area contributed by atoms with Gasteiger partial charge in [0, 0.05) is 10.1 Å². The highest BCUT2D eigenvalue weighted by Gasteiger charge is 2.15. The Balaban J connectivity index is 3.01. The molecule has 0 spiro atoms. The van der Waals surface area contributed by atoms with Gasteiger partial charge < -0.3 is 5.11 Å². The summed E-state index contributed by atoms with van der Waals surface area (Å²) >= 11 is 1.64. The number of carboxylic acids is 1. The third-order valence-corrected chi connectivity index (χ3v) is 4.13. The van der Waals surface area contributed by atoms with Crippen LogP contribution in [0.15, 0.2) is 23.1 Å². The third-order valence-electron chi connectivity index (χ3n) is 2.62. The third kappa shape index (κ3) is 3.27. The lowest BCUT2D eigenvalue weighted by atomic mass is 10.1. The van der Waals surface area contributed by atoms with E-state index in [-0.39, 0.29) is 0 Å². The van der Waals surface area contributed by atoms with Crippen molar-refractivity contribution in [1.29, 1.82) is 0 Å². The first kappa shape index (κ1) is 13.1. The first-order chi connectivity index (χ1) is 7.41. The van der Waals surface area contributed by atoms with Gasteiger partial charge in [-0.25, -0.2) is 4.79 Å². The number of carboxylic acid groups (broad SMARTS) is 1. The molecule has 88 valence electrons. The van der Waals surface area contributed by atoms with Crippen molar-refractivity contribution in [3.8, 4) is 0 Å². The van der Waals surface area contributed by atoms with Crippen LogP contribution >= 0.6 is 11.8 Å². The molecule has 0 aromatic heterocycles. The molecule has 0 amide bonds. The van der Waals surface area contributed by atoms with Crippen molar-refractivity contribution >= 4 is 17.7 Å². The molecule has 0 saturated carbocycles. The molecule has 0 bridgehead atoms. The van der Waals surface area contributed by atoms with E-state index in [4.69, 9.17) is 5.11 Å². The van der Waals surface area contributed by atoms with Crippen LogP contribution in [0.1, 0.15) is 36.7 Å². The molecular weight excluding hydrogens is 220 g/mol. The highest BCUT2D eigenvalue weighted by atomic mass is 32.2. The molecule has 0 radical (unpaired) electrons. The van der Waals surface area contributed by atoms with Crippen LogP contribution < -0.4 is 0 Å². The standard InChI is InChI=1S/C13H18O2S/c1-8(2)10(4)16-12-7-9(3)5-6-11(12)13(14)15/h5-8,10H,1-4H3,(H,14,15). The number of hydrogen-bond donors (Lipinski definition) is 1. The van der Waals surface area contributed by atoms with Gasteiger partial charge >= 0.3 is 5.97 Å². The molecule has 0 fully saturated rings. The van der Waals surface area contributed by atoms with Gasteiger partial charge in [-0.15, -0.1) is 11.8 Å². The Morgan fingerprint density at radius 1 is 1.31 bits per heavy atom. The van der Waals surface area contributed by atoms with Gasteiger partial charge in [0.2, 0.25) is 0 Å². The molecule has 0 aliphatic rings. The van der Waals surface area contributed by atoms with Gasteiger partial charge in [-0.1, -0.05) is 26.8 Å². The van der Waals surface area contributed by atoms with Crippen LogP contribution in [0.3, 0.4) is 0 Å². The fourth-order valence-corrected chi connectivity index (χ4v) is 2.45. The summed E-state index contributed by atoms with van der Waals surface area (Å²) in [4.78, 5) is 11.9. The van der Waals surface area contributed by atoms with E-state index in [0.717, 1.165) is 10.5 Å². The fraction of sp³-hybridized carbons (Fsp3) is 0.462. The maximum absolute atomic E-state index is 11.1. The Kier molecular flexibility index (Phi) is 4.42. The van der Waals surface area contributed by atoms with Crippen molar-refractivity contribution in [3.63, 3.8) is 0 Å². The molecule has 0 saturated heterocycles. The molecule has 1 N–H and O–H groups in total. The zero-order valence-corrected chi connectivity index (χ0v) is 11.0. The highest BCUT2D eigenvalue weighted by Crippen LogP contribution is 2.31. The topological polar surface area (TPSA) is 37.3 Å². The maximum atomic E-state index is 11.1. The molecule has 1 atom stereocenters. The summed E-state index contributed by atoms with van der Waals surface area (Å²) in [5.74, 6) is -0.314. The van der Waals surface area contributed by atoms with E-state index in [1.165, 1.54) is 0 Å². The highest BCUT2D eigenvalue weighted by molar-refractivity contribution is 8.00. The van der Waals surface area contributed by atoms with Crippen LogP contribution in [-0.4, -0.2) is 16.3 Å². The monoisotopic (exact) mass is 238 g/mol. The number of aryl methyl sites for hydroxylation is 1. The summed E-state index contributed by atoms with van der Waals surface area (Å²) in [5.41, 5.74) is 1.51. The normalized spacial score (nSPS) is 12.8. The van der Waals surface area contributed by atoms with Gasteiger partial charge in [0.25, 0.3) is 0 Å². The first-order valence-corrected chi connectivity index (χ1v) is 6.30. The van der Waals surface area contributed by atoms with Crippen molar-refractivity contribution in [2.24, 2.45) is 5.92 Å². The Morgan fingerprint density at radius 3 is 2.44 bits per heavy atom. The summed E-state index contributed by atoms with van der Waals surface area (Å²) in [6.45, 7) is 8.40. The van der Waals surface area contributed by atoms with Crippen LogP contribution in [-0.2, 0) is 0 Å². The summed E-state index contributed by atoms with van der Waals surface area (Å²) in [6, 6.07) is 5.48. The lowest BCUT2D eigenvalue weighted by Crippen LogP contribution is -2.07. The first-order valence-electron chi connectivity index (χ1n) is 5.42. The van der Waals surface area contributed by atoms with Gasteiger partial charge in [-0.05, 0) is 30.5 Å². The second-order valence-electron chi connectivity index (χ2n) is 4.37. The van der Waals surface area contributed by atoms with Gasteiger partial charge in [0.15, 0.2) is 0 Å². The van der Waals surface area contributed by atoms with Gasteiger partial charge in [-0.2, -0.15) is 0 Å². The minimum absolute atomic E-state index is 0.406. The van der Waals surface area contributed by atoms with Crippen LogP contribution in [0, 0.1) is 12.8 Å². The smallest absolute Gasteiger partial charge is 0.336 e. The lowest BCUT2D eigenvalue weighted by Gasteiger charge is -2.16. The molecular formula is C13H18O2S. The zero-order valence-electron chi connectivity index (χ0n) is 10.2. The van der Waals surface area contributed by atoms with Crippen LogP contribution in [0.4, 0.5) is 0 Å². The van der Waals surface area contributed by atoms with Gasteiger partial charge in [0.05, 0.1) is 5.56 Å². The van der Waals surface area contributed by atoms with Gasteiger partial charge in [0.1, 0.15) is 0 Å². The zero-order chi connectivity index (χ0) is 12.3. The van der Waals surface area contributed by atoms with E-state index >= 15 is 0 Å². The average molecular weight is 238 g/mol. The molecule has 1 rings (SSSR count). The molecule has 0 aliphatic carbocycles. The van der Waals surface area contributed by atoms with Gasteiger partial charge in [-0.3, -0.25) is 0 Å². The van der Waals surface area contributed by atoms with Crippen LogP contribution in [0.25, 0.3) is 0 Å². The largest absolute Gasteiger partial charge is 0.478 e. The van der Waals surface area contributed by atoms with E-state index in [1.54, 1.807) is 17.8 Å². The lowest BCUT2D eigenvalue weighted by molar-refractivity contribution is 0.0693. The molecule has 1 aromatic carbocycles. The van der Waals surface area contributed by atoms with Crippen molar-refractivity contribution in [3.05, 3.63) is 29.3 Å². The number of rotatable bonds is 4. The summed E-state index contributed by atoms with van der Waals surface area (Å²) < 4.78 is 0. The predicted molar refractivity (Wildman–Crippen MR) is 68.3 cm³/mol. The minimum Gasteiger partial charge on any atom is -0.478 e. The summed E-state index contributed by atoms with van der Waals surface area (Å²) in [6.07, 6.45) is 0. The SMILES string of the molecule is Cc1ccc(C(=O)O)c(SC(C)C(C)C)c1. The van der Waals surface area contributed by atoms with Crippen molar-refractivity contribution in [2.45, 2.75) is 37.8 Å². The molecule has 16 heavy (non-hydrogen) atoms. The van der Waals surface area contributed by atoms with E-state index in [9.17, 15) is 4.79 Å². The number of hydrogen-bond acceptors (Lipinski definition) is 2. The Labute approximate surface area is 101 Å². The van der Waals surface area contributed by atoms with E-state index in [0.29, 0.717) is 16.7 Å². The molecule has 1 aromatic rings. The Morgan fingerprint density at radius 2 is 1.94 bits per heavy atom. The summed E-state index contributed by atoms with van der Waals surface area (Å²) in [5, 5.41) is 9.51. The van der Waals surface area contributed by atoms with Crippen LogP contribution in [0.5, 0.6) is 0 Å². The predicted octanol–water partition coefficient (Wildman–Crippen LogP) is 3.83. The second-order valence-corrected chi connectivity index (χ2v) is 5.79. The average Bonchev–Trinajstić information content (AvgIpc) is 2.16.